The third-order valence-electron chi connectivity index (χ3n) is 2.96. The third kappa shape index (κ3) is 3.47. The average Bonchev–Trinajstić information content (AvgIpc) is 1.99. The molecule has 1 N–H and O–H groups in total. The van der Waals surface area contributed by atoms with Crippen molar-refractivity contribution in [2.24, 2.45) is 0 Å². The molecule has 0 aliphatic carbocycles. The van der Waals surface area contributed by atoms with Crippen molar-refractivity contribution >= 4 is 5.97 Å². The van der Waals surface area contributed by atoms with E-state index in [1.165, 1.54) is 0 Å². The minimum atomic E-state index is -0.704. The molecule has 0 amide bonds. The maximum atomic E-state index is 10.8. The molecule has 1 fully saturated rings. The number of carboxylic acids is 1. The van der Waals surface area contributed by atoms with Crippen molar-refractivity contribution in [2.45, 2.75) is 38.8 Å². The second-order valence-electron chi connectivity index (χ2n) is 5.38. The number of carboxylic acid groups (broad SMARTS) is 1. The van der Waals surface area contributed by atoms with E-state index in [1.54, 1.807) is 0 Å². The van der Waals surface area contributed by atoms with Crippen LogP contribution in [0.1, 0.15) is 27.2 Å². The fraction of sp³-hybridized carbons (Fsp3) is 0.909. The molecule has 88 valence electrons. The Hall–Kier alpha value is -0.610. The molecule has 15 heavy (non-hydrogen) atoms. The van der Waals surface area contributed by atoms with Crippen LogP contribution in [0.2, 0.25) is 0 Å². The van der Waals surface area contributed by atoms with Crippen LogP contribution in [0, 0.1) is 0 Å². The van der Waals surface area contributed by atoms with Crippen molar-refractivity contribution < 1.29 is 9.90 Å². The lowest BCUT2D eigenvalue weighted by atomic mass is 9.98. The number of aliphatic carboxylic acids is 1. The van der Waals surface area contributed by atoms with E-state index in [-0.39, 0.29) is 18.0 Å². The van der Waals surface area contributed by atoms with Gasteiger partial charge in [0.25, 0.3) is 0 Å². The smallest absolute Gasteiger partial charge is 0.304 e. The Labute approximate surface area is 91.9 Å². The maximum Gasteiger partial charge on any atom is 0.304 e. The lowest BCUT2D eigenvalue weighted by molar-refractivity contribution is -0.139. The molecule has 0 aromatic heterocycles. The summed E-state index contributed by atoms with van der Waals surface area (Å²) < 4.78 is 0. The molecule has 1 saturated heterocycles. The number of hydrogen-bond donors (Lipinski definition) is 1. The SMILES string of the molecule is CN1CCN(C(C)(C)C)C(CC(=O)O)C1. The summed E-state index contributed by atoms with van der Waals surface area (Å²) in [5, 5.41) is 8.89. The number of piperazine rings is 1. The predicted molar refractivity (Wildman–Crippen MR) is 60.0 cm³/mol. The second-order valence-corrected chi connectivity index (χ2v) is 5.38. The Kier molecular flexibility index (Phi) is 3.73. The molecule has 0 aromatic carbocycles. The van der Waals surface area contributed by atoms with Crippen molar-refractivity contribution in [3.05, 3.63) is 0 Å². The fourth-order valence-electron chi connectivity index (χ4n) is 2.27. The van der Waals surface area contributed by atoms with Crippen LogP contribution in [0.5, 0.6) is 0 Å². The van der Waals surface area contributed by atoms with Gasteiger partial charge in [-0.3, -0.25) is 9.69 Å². The monoisotopic (exact) mass is 214 g/mol. The molecule has 1 aliphatic rings. The molecule has 0 spiro atoms. The molecule has 0 aromatic rings. The number of nitrogens with zero attached hydrogens (tertiary/aromatic N) is 2. The van der Waals surface area contributed by atoms with Gasteiger partial charge in [0.15, 0.2) is 0 Å². The summed E-state index contributed by atoms with van der Waals surface area (Å²) in [5.74, 6) is -0.704. The van der Waals surface area contributed by atoms with E-state index in [4.69, 9.17) is 5.11 Å². The van der Waals surface area contributed by atoms with Gasteiger partial charge in [-0.2, -0.15) is 0 Å². The molecule has 4 heteroatoms. The van der Waals surface area contributed by atoms with Crippen LogP contribution in [-0.2, 0) is 4.79 Å². The first-order valence-corrected chi connectivity index (χ1v) is 5.48. The lowest BCUT2D eigenvalue weighted by Crippen LogP contribution is -2.58. The number of likely N-dealkylation sites (N-methyl/N-ethyl adjacent to an activating group) is 1. The number of rotatable bonds is 2. The van der Waals surface area contributed by atoms with Crippen LogP contribution in [0.3, 0.4) is 0 Å². The summed E-state index contributed by atoms with van der Waals surface area (Å²) in [6, 6.07) is 0.140. The molecule has 0 saturated carbocycles. The Balaban J connectivity index is 2.70. The Morgan fingerprint density at radius 1 is 1.40 bits per heavy atom. The zero-order valence-electron chi connectivity index (χ0n) is 10.2. The summed E-state index contributed by atoms with van der Waals surface area (Å²) in [6.07, 6.45) is 0.238. The van der Waals surface area contributed by atoms with Gasteiger partial charge in [0.2, 0.25) is 0 Å². The standard InChI is InChI=1S/C11H22N2O2/c1-11(2,3)13-6-5-12(4)8-9(13)7-10(14)15/h9H,5-8H2,1-4H3,(H,14,15). The minimum absolute atomic E-state index is 0.0569. The van der Waals surface area contributed by atoms with Gasteiger partial charge >= 0.3 is 5.97 Å². The van der Waals surface area contributed by atoms with Crippen molar-refractivity contribution in [1.82, 2.24) is 9.80 Å². The fourth-order valence-corrected chi connectivity index (χ4v) is 2.27. The Morgan fingerprint density at radius 3 is 2.47 bits per heavy atom. The first-order valence-electron chi connectivity index (χ1n) is 5.48. The number of hydrogen-bond acceptors (Lipinski definition) is 3. The molecule has 1 heterocycles. The van der Waals surface area contributed by atoms with E-state index in [2.05, 4.69) is 37.6 Å². The summed E-state index contributed by atoms with van der Waals surface area (Å²) in [5.41, 5.74) is 0.0569. The van der Waals surface area contributed by atoms with Gasteiger partial charge in [0, 0.05) is 31.2 Å². The van der Waals surface area contributed by atoms with E-state index < -0.39 is 5.97 Å². The zero-order chi connectivity index (χ0) is 11.6. The van der Waals surface area contributed by atoms with E-state index in [0.717, 1.165) is 19.6 Å². The molecular weight excluding hydrogens is 192 g/mol. The van der Waals surface area contributed by atoms with Gasteiger partial charge in [-0.1, -0.05) is 0 Å². The zero-order valence-corrected chi connectivity index (χ0v) is 10.2. The van der Waals surface area contributed by atoms with Crippen LogP contribution < -0.4 is 0 Å². The summed E-state index contributed by atoms with van der Waals surface area (Å²) in [4.78, 5) is 15.3. The Morgan fingerprint density at radius 2 is 2.00 bits per heavy atom. The van der Waals surface area contributed by atoms with Crippen molar-refractivity contribution in [3.63, 3.8) is 0 Å². The predicted octanol–water partition coefficient (Wildman–Crippen LogP) is 0.876. The van der Waals surface area contributed by atoms with Crippen LogP contribution >= 0.6 is 0 Å². The third-order valence-corrected chi connectivity index (χ3v) is 2.96. The highest BCUT2D eigenvalue weighted by molar-refractivity contribution is 5.67. The van der Waals surface area contributed by atoms with Crippen LogP contribution in [0.4, 0.5) is 0 Å². The molecule has 1 atom stereocenters. The van der Waals surface area contributed by atoms with E-state index in [0.29, 0.717) is 0 Å². The largest absolute Gasteiger partial charge is 0.481 e. The molecular formula is C11H22N2O2. The van der Waals surface area contributed by atoms with Crippen molar-refractivity contribution in [1.29, 1.82) is 0 Å². The maximum absolute atomic E-state index is 10.8. The molecule has 1 unspecified atom stereocenters. The highest BCUT2D eigenvalue weighted by Gasteiger charge is 2.33. The van der Waals surface area contributed by atoms with E-state index in [1.807, 2.05) is 0 Å². The van der Waals surface area contributed by atoms with Crippen molar-refractivity contribution in [2.75, 3.05) is 26.7 Å². The topological polar surface area (TPSA) is 43.8 Å². The summed E-state index contributed by atoms with van der Waals surface area (Å²) in [6.45, 7) is 9.27. The highest BCUT2D eigenvalue weighted by Crippen LogP contribution is 2.22. The second kappa shape index (κ2) is 4.49. The normalized spacial score (nSPS) is 25.5. The molecule has 0 radical (unpaired) electrons. The molecule has 0 bridgehead atoms. The number of carbonyl (C=O) groups is 1. The van der Waals surface area contributed by atoms with Crippen LogP contribution in [0.15, 0.2) is 0 Å². The highest BCUT2D eigenvalue weighted by atomic mass is 16.4. The molecule has 1 aliphatic heterocycles. The molecule has 4 nitrogen and oxygen atoms in total. The Bertz CT molecular complexity index is 235. The lowest BCUT2D eigenvalue weighted by Gasteiger charge is -2.46. The van der Waals surface area contributed by atoms with E-state index >= 15 is 0 Å². The first kappa shape index (κ1) is 12.5. The van der Waals surface area contributed by atoms with Crippen LogP contribution in [-0.4, -0.2) is 59.1 Å². The van der Waals surface area contributed by atoms with Crippen LogP contribution in [0.25, 0.3) is 0 Å². The van der Waals surface area contributed by atoms with Gasteiger partial charge in [0.05, 0.1) is 6.42 Å². The van der Waals surface area contributed by atoms with E-state index in [9.17, 15) is 4.79 Å². The summed E-state index contributed by atoms with van der Waals surface area (Å²) >= 11 is 0. The first-order chi connectivity index (χ1) is 6.80. The summed E-state index contributed by atoms with van der Waals surface area (Å²) in [7, 11) is 2.05. The quantitative estimate of drug-likeness (QED) is 0.741. The van der Waals surface area contributed by atoms with Gasteiger partial charge in [-0.15, -0.1) is 0 Å². The minimum Gasteiger partial charge on any atom is -0.481 e. The van der Waals surface area contributed by atoms with Gasteiger partial charge in [-0.05, 0) is 27.8 Å². The van der Waals surface area contributed by atoms with Crippen molar-refractivity contribution in [3.8, 4) is 0 Å². The van der Waals surface area contributed by atoms with Gasteiger partial charge in [-0.25, -0.2) is 0 Å². The molecule has 1 rings (SSSR count). The van der Waals surface area contributed by atoms with Gasteiger partial charge < -0.3 is 10.0 Å². The average molecular weight is 214 g/mol. The van der Waals surface area contributed by atoms with Gasteiger partial charge in [0.1, 0.15) is 0 Å².